The Morgan fingerprint density at radius 3 is 2.53 bits per heavy atom. The van der Waals surface area contributed by atoms with E-state index < -0.39 is 0 Å². The molecule has 100 valence electrons. The molecule has 1 aromatic heterocycles. The number of nitrogens with one attached hydrogen (secondary N) is 2. The number of nitrogens with zero attached hydrogens (tertiary/aromatic N) is 1. The summed E-state index contributed by atoms with van der Waals surface area (Å²) in [6.07, 6.45) is 0. The van der Waals surface area contributed by atoms with Crippen LogP contribution in [0.2, 0.25) is 0 Å². The molecule has 0 atom stereocenters. The summed E-state index contributed by atoms with van der Waals surface area (Å²) in [5.41, 5.74) is 4.69. The Labute approximate surface area is 119 Å². The first-order valence-corrected chi connectivity index (χ1v) is 6.70. The van der Waals surface area contributed by atoms with E-state index in [0.717, 1.165) is 12.2 Å². The molecular weight excluding hydrogens is 254 g/mol. The van der Waals surface area contributed by atoms with Crippen molar-refractivity contribution >= 4 is 23.0 Å². The number of benzene rings is 1. The second kappa shape index (κ2) is 5.89. The standard InChI is InChI=1S/C15H19N3S/c1-11-6-4-5-7-14(11)17-15(19)16-10-13-9-8-12(2)18(13)3/h4-9H,10H2,1-3H3,(H2,16,17,19). The van der Waals surface area contributed by atoms with E-state index in [4.69, 9.17) is 12.2 Å². The molecule has 0 bridgehead atoms. The summed E-state index contributed by atoms with van der Waals surface area (Å²) < 4.78 is 2.16. The van der Waals surface area contributed by atoms with Crippen LogP contribution in [0.25, 0.3) is 0 Å². The van der Waals surface area contributed by atoms with Crippen molar-refractivity contribution in [2.24, 2.45) is 7.05 Å². The van der Waals surface area contributed by atoms with Crippen LogP contribution < -0.4 is 10.6 Å². The van der Waals surface area contributed by atoms with Gasteiger partial charge in [-0.2, -0.15) is 0 Å². The third kappa shape index (κ3) is 3.35. The van der Waals surface area contributed by atoms with Gasteiger partial charge in [0.15, 0.2) is 5.11 Å². The number of hydrogen-bond acceptors (Lipinski definition) is 1. The van der Waals surface area contributed by atoms with Gasteiger partial charge in [-0.3, -0.25) is 0 Å². The number of para-hydroxylation sites is 1. The summed E-state index contributed by atoms with van der Waals surface area (Å²) in [4.78, 5) is 0. The Balaban J connectivity index is 1.92. The lowest BCUT2D eigenvalue weighted by atomic mass is 10.2. The molecule has 0 spiro atoms. The molecule has 4 heteroatoms. The number of anilines is 1. The van der Waals surface area contributed by atoms with Crippen LogP contribution in [0.4, 0.5) is 5.69 Å². The van der Waals surface area contributed by atoms with E-state index >= 15 is 0 Å². The van der Waals surface area contributed by atoms with Crippen molar-refractivity contribution in [1.82, 2.24) is 9.88 Å². The highest BCUT2D eigenvalue weighted by Gasteiger charge is 2.03. The second-order valence-electron chi connectivity index (χ2n) is 4.65. The van der Waals surface area contributed by atoms with E-state index in [-0.39, 0.29) is 0 Å². The van der Waals surface area contributed by atoms with Gasteiger partial charge in [-0.15, -0.1) is 0 Å². The van der Waals surface area contributed by atoms with Gasteiger partial charge >= 0.3 is 0 Å². The summed E-state index contributed by atoms with van der Waals surface area (Å²) in [5, 5.41) is 7.09. The molecule has 0 unspecified atom stereocenters. The molecule has 0 amide bonds. The molecule has 2 rings (SSSR count). The van der Waals surface area contributed by atoms with Gasteiger partial charge in [0.05, 0.1) is 6.54 Å². The maximum absolute atomic E-state index is 5.31. The molecule has 0 aliphatic heterocycles. The lowest BCUT2D eigenvalue weighted by Gasteiger charge is -2.13. The van der Waals surface area contributed by atoms with Gasteiger partial charge in [0.25, 0.3) is 0 Å². The van der Waals surface area contributed by atoms with E-state index in [1.165, 1.54) is 17.0 Å². The third-order valence-corrected chi connectivity index (χ3v) is 3.55. The Hall–Kier alpha value is -1.81. The average molecular weight is 273 g/mol. The maximum atomic E-state index is 5.31. The fourth-order valence-electron chi connectivity index (χ4n) is 1.89. The van der Waals surface area contributed by atoms with Gasteiger partial charge < -0.3 is 15.2 Å². The molecule has 0 aliphatic carbocycles. The van der Waals surface area contributed by atoms with Gasteiger partial charge in [-0.1, -0.05) is 18.2 Å². The Kier molecular flexibility index (Phi) is 4.22. The minimum atomic E-state index is 0.646. The SMILES string of the molecule is Cc1ccccc1NC(=S)NCc1ccc(C)n1C. The van der Waals surface area contributed by atoms with E-state index in [0.29, 0.717) is 5.11 Å². The quantitative estimate of drug-likeness (QED) is 0.842. The van der Waals surface area contributed by atoms with Gasteiger partial charge in [-0.25, -0.2) is 0 Å². The topological polar surface area (TPSA) is 29.0 Å². The summed E-state index contributed by atoms with van der Waals surface area (Å²) in [5.74, 6) is 0. The Morgan fingerprint density at radius 1 is 1.16 bits per heavy atom. The van der Waals surface area contributed by atoms with Crippen LogP contribution >= 0.6 is 12.2 Å². The van der Waals surface area contributed by atoms with Crippen molar-refractivity contribution in [2.75, 3.05) is 5.32 Å². The lowest BCUT2D eigenvalue weighted by molar-refractivity contribution is 0.764. The monoisotopic (exact) mass is 273 g/mol. The summed E-state index contributed by atoms with van der Waals surface area (Å²) in [6, 6.07) is 12.3. The van der Waals surface area contributed by atoms with Crippen LogP contribution in [-0.2, 0) is 13.6 Å². The second-order valence-corrected chi connectivity index (χ2v) is 5.06. The molecule has 0 saturated carbocycles. The van der Waals surface area contributed by atoms with Crippen molar-refractivity contribution in [3.63, 3.8) is 0 Å². The van der Waals surface area contributed by atoms with Gasteiger partial charge in [0.1, 0.15) is 0 Å². The molecule has 1 heterocycles. The number of thiocarbonyl (C=S) groups is 1. The molecule has 0 saturated heterocycles. The molecule has 0 aliphatic rings. The summed E-state index contributed by atoms with van der Waals surface area (Å²) >= 11 is 5.31. The van der Waals surface area contributed by atoms with Crippen molar-refractivity contribution < 1.29 is 0 Å². The van der Waals surface area contributed by atoms with Crippen LogP contribution in [0, 0.1) is 13.8 Å². The number of aromatic nitrogens is 1. The average Bonchev–Trinajstić information content (AvgIpc) is 2.70. The molecule has 0 fully saturated rings. The first kappa shape index (κ1) is 13.6. The van der Waals surface area contributed by atoms with Gasteiger partial charge in [-0.05, 0) is 49.8 Å². The normalized spacial score (nSPS) is 10.3. The molecule has 19 heavy (non-hydrogen) atoms. The van der Waals surface area contributed by atoms with Crippen LogP contribution in [-0.4, -0.2) is 9.68 Å². The van der Waals surface area contributed by atoms with E-state index in [1.54, 1.807) is 0 Å². The van der Waals surface area contributed by atoms with Crippen LogP contribution in [0.15, 0.2) is 36.4 Å². The van der Waals surface area contributed by atoms with Crippen LogP contribution in [0.3, 0.4) is 0 Å². The minimum Gasteiger partial charge on any atom is -0.357 e. The first-order chi connectivity index (χ1) is 9.08. The van der Waals surface area contributed by atoms with Crippen molar-refractivity contribution in [3.05, 3.63) is 53.3 Å². The van der Waals surface area contributed by atoms with Crippen LogP contribution in [0.5, 0.6) is 0 Å². The van der Waals surface area contributed by atoms with Crippen molar-refractivity contribution in [2.45, 2.75) is 20.4 Å². The van der Waals surface area contributed by atoms with Crippen LogP contribution in [0.1, 0.15) is 17.0 Å². The highest BCUT2D eigenvalue weighted by molar-refractivity contribution is 7.80. The zero-order chi connectivity index (χ0) is 13.8. The minimum absolute atomic E-state index is 0.646. The molecule has 1 aromatic carbocycles. The molecule has 3 nitrogen and oxygen atoms in total. The van der Waals surface area contributed by atoms with E-state index in [1.807, 2.05) is 18.2 Å². The smallest absolute Gasteiger partial charge is 0.171 e. The van der Waals surface area contributed by atoms with Gasteiger partial charge in [0, 0.05) is 24.1 Å². The van der Waals surface area contributed by atoms with E-state index in [2.05, 4.69) is 54.3 Å². The van der Waals surface area contributed by atoms with Gasteiger partial charge in [0.2, 0.25) is 0 Å². The fraction of sp³-hybridized carbons (Fsp3) is 0.267. The predicted molar refractivity (Wildman–Crippen MR) is 84.4 cm³/mol. The fourth-order valence-corrected chi connectivity index (χ4v) is 2.08. The molecule has 2 N–H and O–H groups in total. The number of hydrogen-bond donors (Lipinski definition) is 2. The number of aryl methyl sites for hydroxylation is 2. The first-order valence-electron chi connectivity index (χ1n) is 6.29. The number of rotatable bonds is 3. The maximum Gasteiger partial charge on any atom is 0.171 e. The van der Waals surface area contributed by atoms with E-state index in [9.17, 15) is 0 Å². The molecular formula is C15H19N3S. The zero-order valence-corrected chi connectivity index (χ0v) is 12.3. The zero-order valence-electron chi connectivity index (χ0n) is 11.5. The molecule has 2 aromatic rings. The van der Waals surface area contributed by atoms with Crippen molar-refractivity contribution in [3.8, 4) is 0 Å². The highest BCUT2D eigenvalue weighted by Crippen LogP contribution is 2.13. The molecule has 0 radical (unpaired) electrons. The Bertz CT molecular complexity index is 587. The highest BCUT2D eigenvalue weighted by atomic mass is 32.1. The lowest BCUT2D eigenvalue weighted by Crippen LogP contribution is -2.28. The summed E-state index contributed by atoms with van der Waals surface area (Å²) in [6.45, 7) is 4.88. The predicted octanol–water partition coefficient (Wildman–Crippen LogP) is 3.13. The van der Waals surface area contributed by atoms with Crippen molar-refractivity contribution in [1.29, 1.82) is 0 Å². The largest absolute Gasteiger partial charge is 0.357 e. The Morgan fingerprint density at radius 2 is 1.89 bits per heavy atom. The third-order valence-electron chi connectivity index (χ3n) is 3.30. The summed E-state index contributed by atoms with van der Waals surface area (Å²) in [7, 11) is 2.06.